The van der Waals surface area contributed by atoms with Crippen molar-refractivity contribution in [1.82, 2.24) is 24.6 Å². The normalized spacial score (nSPS) is 15.8. The van der Waals surface area contributed by atoms with Gasteiger partial charge in [0.25, 0.3) is 0 Å². The van der Waals surface area contributed by atoms with Gasteiger partial charge in [-0.05, 0) is 51.2 Å². The molecule has 3 aromatic heterocycles. The Morgan fingerprint density at radius 2 is 2.00 bits per heavy atom. The van der Waals surface area contributed by atoms with Gasteiger partial charge in [0.05, 0.1) is 23.9 Å². The van der Waals surface area contributed by atoms with E-state index in [0.717, 1.165) is 42.6 Å². The highest BCUT2D eigenvalue weighted by molar-refractivity contribution is 5.81. The van der Waals surface area contributed by atoms with Crippen LogP contribution >= 0.6 is 0 Å². The Morgan fingerprint density at radius 1 is 1.20 bits per heavy atom. The summed E-state index contributed by atoms with van der Waals surface area (Å²) in [6.07, 6.45) is 5.79. The molecule has 0 bridgehead atoms. The topological polar surface area (TPSA) is 106 Å². The Labute approximate surface area is 174 Å². The molecule has 5 rings (SSSR count). The van der Waals surface area contributed by atoms with Gasteiger partial charge in [-0.1, -0.05) is 12.1 Å². The van der Waals surface area contributed by atoms with E-state index in [1.807, 2.05) is 41.2 Å². The van der Waals surface area contributed by atoms with Gasteiger partial charge in [0.15, 0.2) is 5.58 Å². The van der Waals surface area contributed by atoms with E-state index in [1.165, 1.54) is 0 Å². The third-order valence-corrected chi connectivity index (χ3v) is 5.77. The van der Waals surface area contributed by atoms with Crippen LogP contribution in [0.3, 0.4) is 0 Å². The Kier molecular flexibility index (Phi) is 4.72. The molecule has 0 aliphatic carbocycles. The van der Waals surface area contributed by atoms with Gasteiger partial charge in [-0.25, -0.2) is 9.97 Å². The van der Waals surface area contributed by atoms with Crippen molar-refractivity contribution in [2.45, 2.75) is 25.5 Å². The number of nitrogen functional groups attached to an aromatic ring is 1. The highest BCUT2D eigenvalue weighted by Crippen LogP contribution is 2.33. The summed E-state index contributed by atoms with van der Waals surface area (Å²) in [6, 6.07) is 9.82. The number of aliphatic hydroxyl groups excluding tert-OH is 1. The molecule has 1 aromatic carbocycles. The third kappa shape index (κ3) is 3.34. The van der Waals surface area contributed by atoms with Gasteiger partial charge in [-0.3, -0.25) is 4.68 Å². The van der Waals surface area contributed by atoms with E-state index in [1.54, 1.807) is 6.20 Å². The summed E-state index contributed by atoms with van der Waals surface area (Å²) in [5.41, 5.74) is 10.5. The van der Waals surface area contributed by atoms with Crippen LogP contribution in [-0.4, -0.2) is 49.9 Å². The summed E-state index contributed by atoms with van der Waals surface area (Å²) in [5, 5.41) is 14.6. The fourth-order valence-electron chi connectivity index (χ4n) is 4.01. The first-order valence-corrected chi connectivity index (χ1v) is 10.1. The fourth-order valence-corrected chi connectivity index (χ4v) is 4.01. The van der Waals surface area contributed by atoms with Crippen LogP contribution in [0.15, 0.2) is 47.1 Å². The van der Waals surface area contributed by atoms with E-state index < -0.39 is 0 Å². The van der Waals surface area contributed by atoms with E-state index >= 15 is 0 Å². The summed E-state index contributed by atoms with van der Waals surface area (Å²) in [6.45, 7) is 1.94. The zero-order valence-electron chi connectivity index (χ0n) is 16.8. The number of para-hydroxylation sites is 2. The van der Waals surface area contributed by atoms with E-state index in [0.29, 0.717) is 34.6 Å². The number of likely N-dealkylation sites (tertiary alicyclic amines) is 1. The maximum atomic E-state index is 9.91. The van der Waals surface area contributed by atoms with E-state index in [4.69, 9.17) is 10.2 Å². The highest BCUT2D eigenvalue weighted by atomic mass is 16.3. The van der Waals surface area contributed by atoms with Gasteiger partial charge in [0.1, 0.15) is 11.3 Å². The van der Waals surface area contributed by atoms with Gasteiger partial charge in [-0.2, -0.15) is 5.10 Å². The van der Waals surface area contributed by atoms with E-state index in [2.05, 4.69) is 27.0 Å². The Morgan fingerprint density at radius 3 is 2.77 bits per heavy atom. The fraction of sp³-hybridized carbons (Fsp3) is 0.318. The van der Waals surface area contributed by atoms with Gasteiger partial charge < -0.3 is 20.2 Å². The van der Waals surface area contributed by atoms with Crippen molar-refractivity contribution in [3.05, 3.63) is 48.4 Å². The predicted octanol–water partition coefficient (Wildman–Crippen LogP) is 3.09. The number of hydrogen-bond donors (Lipinski definition) is 2. The minimum absolute atomic E-state index is 0.141. The smallest absolute Gasteiger partial charge is 0.231 e. The molecule has 4 heterocycles. The van der Waals surface area contributed by atoms with E-state index in [-0.39, 0.29) is 6.61 Å². The number of fused-ring (bicyclic) bond motifs is 1. The van der Waals surface area contributed by atoms with Crippen LogP contribution in [0.1, 0.15) is 24.6 Å². The summed E-state index contributed by atoms with van der Waals surface area (Å²) in [5.74, 6) is 0.773. The number of pyridine rings is 1. The van der Waals surface area contributed by atoms with Crippen LogP contribution in [0.5, 0.6) is 0 Å². The lowest BCUT2D eigenvalue weighted by Gasteiger charge is -2.29. The standard InChI is InChI=1S/C22H24N6O2/c1-27-8-6-15(7-9-27)28-12-17(19(13-29)26-28)14-10-16(21(23)24-11-14)22-25-18-4-2-3-5-20(18)30-22/h2-5,10-12,15,29H,6-9,13H2,1H3,(H2,23,24). The largest absolute Gasteiger partial charge is 0.436 e. The lowest BCUT2D eigenvalue weighted by atomic mass is 10.0. The molecule has 0 unspecified atom stereocenters. The van der Waals surface area contributed by atoms with Crippen molar-refractivity contribution in [1.29, 1.82) is 0 Å². The predicted molar refractivity (Wildman–Crippen MR) is 115 cm³/mol. The van der Waals surface area contributed by atoms with Gasteiger partial charge >= 0.3 is 0 Å². The maximum Gasteiger partial charge on any atom is 0.231 e. The number of piperidine rings is 1. The monoisotopic (exact) mass is 404 g/mol. The van der Waals surface area contributed by atoms with Gasteiger partial charge in [0, 0.05) is 23.5 Å². The summed E-state index contributed by atoms with van der Waals surface area (Å²) >= 11 is 0. The Hall–Kier alpha value is -3.23. The molecule has 1 fully saturated rings. The van der Waals surface area contributed by atoms with Crippen LogP contribution in [0.25, 0.3) is 33.7 Å². The quantitative estimate of drug-likeness (QED) is 0.538. The first-order valence-electron chi connectivity index (χ1n) is 10.1. The minimum atomic E-state index is -0.141. The zero-order chi connectivity index (χ0) is 20.7. The number of hydrogen-bond acceptors (Lipinski definition) is 7. The molecule has 30 heavy (non-hydrogen) atoms. The Balaban J connectivity index is 1.53. The van der Waals surface area contributed by atoms with Crippen molar-refractivity contribution < 1.29 is 9.52 Å². The molecular formula is C22H24N6O2. The number of nitrogens with zero attached hydrogens (tertiary/aromatic N) is 5. The van der Waals surface area contributed by atoms with Crippen LogP contribution in [-0.2, 0) is 6.61 Å². The highest BCUT2D eigenvalue weighted by Gasteiger charge is 2.22. The second-order valence-electron chi connectivity index (χ2n) is 7.81. The van der Waals surface area contributed by atoms with Crippen LogP contribution in [0.2, 0.25) is 0 Å². The molecule has 3 N–H and O–H groups in total. The average Bonchev–Trinajstić information content (AvgIpc) is 3.39. The number of nitrogens with two attached hydrogens (primary N) is 1. The molecule has 0 atom stereocenters. The van der Waals surface area contributed by atoms with Crippen molar-refractivity contribution in [3.63, 3.8) is 0 Å². The van der Waals surface area contributed by atoms with Crippen molar-refractivity contribution in [3.8, 4) is 22.6 Å². The average molecular weight is 404 g/mol. The van der Waals surface area contributed by atoms with Gasteiger partial charge in [-0.15, -0.1) is 0 Å². The molecule has 1 saturated heterocycles. The first kappa shape index (κ1) is 18.8. The molecule has 154 valence electrons. The van der Waals surface area contributed by atoms with Crippen LogP contribution in [0, 0.1) is 0 Å². The molecule has 1 aliphatic heterocycles. The summed E-state index contributed by atoms with van der Waals surface area (Å²) < 4.78 is 7.88. The number of rotatable bonds is 4. The number of anilines is 1. The van der Waals surface area contributed by atoms with Gasteiger partial charge in [0.2, 0.25) is 5.89 Å². The van der Waals surface area contributed by atoms with Crippen LogP contribution in [0.4, 0.5) is 5.82 Å². The number of aromatic nitrogens is 4. The summed E-state index contributed by atoms with van der Waals surface area (Å²) in [4.78, 5) is 11.2. The Bertz CT molecular complexity index is 1160. The molecule has 0 radical (unpaired) electrons. The van der Waals surface area contributed by atoms with Crippen molar-refractivity contribution in [2.24, 2.45) is 0 Å². The first-order chi connectivity index (χ1) is 14.6. The van der Waals surface area contributed by atoms with Crippen LogP contribution < -0.4 is 5.73 Å². The van der Waals surface area contributed by atoms with Crippen molar-refractivity contribution >= 4 is 16.9 Å². The lowest BCUT2D eigenvalue weighted by Crippen LogP contribution is -2.31. The number of aliphatic hydroxyl groups is 1. The summed E-state index contributed by atoms with van der Waals surface area (Å²) in [7, 11) is 2.14. The molecule has 4 aromatic rings. The SMILES string of the molecule is CN1CCC(n2cc(-c3cnc(N)c(-c4nc5ccccc5o4)c3)c(CO)n2)CC1. The molecule has 0 saturated carbocycles. The molecule has 8 heteroatoms. The third-order valence-electron chi connectivity index (χ3n) is 5.77. The molecule has 0 amide bonds. The molecule has 0 spiro atoms. The molecule has 8 nitrogen and oxygen atoms in total. The minimum Gasteiger partial charge on any atom is -0.436 e. The van der Waals surface area contributed by atoms with E-state index in [9.17, 15) is 5.11 Å². The lowest BCUT2D eigenvalue weighted by molar-refractivity contribution is 0.210. The zero-order valence-corrected chi connectivity index (χ0v) is 16.8. The number of oxazole rings is 1. The molecule has 1 aliphatic rings. The molecular weight excluding hydrogens is 380 g/mol. The maximum absolute atomic E-state index is 9.91. The second-order valence-corrected chi connectivity index (χ2v) is 7.81. The van der Waals surface area contributed by atoms with Crippen molar-refractivity contribution in [2.75, 3.05) is 25.9 Å². The number of benzene rings is 1. The second kappa shape index (κ2) is 7.55.